The maximum atomic E-state index is 12.4. The van der Waals surface area contributed by atoms with Crippen LogP contribution >= 0.6 is 11.6 Å². The molecule has 0 aromatic heterocycles. The van der Waals surface area contributed by atoms with Crippen LogP contribution in [0.25, 0.3) is 0 Å². The second-order valence-corrected chi connectivity index (χ2v) is 6.96. The summed E-state index contributed by atoms with van der Waals surface area (Å²) in [4.78, 5) is 38.1. The molecule has 1 N–H and O–H groups in total. The third-order valence-corrected chi connectivity index (χ3v) is 4.98. The zero-order chi connectivity index (χ0) is 20.8. The number of para-hydroxylation sites is 2. The zero-order valence-corrected chi connectivity index (χ0v) is 16.6. The van der Waals surface area contributed by atoms with Gasteiger partial charge in [-0.3, -0.25) is 14.4 Å². The van der Waals surface area contributed by atoms with Crippen LogP contribution in [0.1, 0.15) is 12.0 Å². The van der Waals surface area contributed by atoms with Crippen LogP contribution in [0.3, 0.4) is 0 Å². The number of nitrogens with one attached hydrogen (secondary N) is 1. The van der Waals surface area contributed by atoms with Crippen LogP contribution in [0.5, 0.6) is 5.75 Å². The van der Waals surface area contributed by atoms with E-state index in [1.807, 2.05) is 6.07 Å². The molecule has 0 aliphatic carbocycles. The van der Waals surface area contributed by atoms with Crippen LogP contribution in [-0.2, 0) is 25.7 Å². The van der Waals surface area contributed by atoms with E-state index in [2.05, 4.69) is 5.32 Å². The molecule has 1 heterocycles. The lowest BCUT2D eigenvalue weighted by atomic mass is 10.1. The van der Waals surface area contributed by atoms with Crippen LogP contribution in [0.4, 0.5) is 5.69 Å². The lowest BCUT2D eigenvalue weighted by molar-refractivity contribution is -0.152. The van der Waals surface area contributed by atoms with Gasteiger partial charge in [0.15, 0.2) is 6.61 Å². The average Bonchev–Trinajstić information content (AvgIpc) is 3.12. The lowest BCUT2D eigenvalue weighted by Crippen LogP contribution is -2.31. The van der Waals surface area contributed by atoms with E-state index in [1.54, 1.807) is 42.5 Å². The number of halogens is 1. The fourth-order valence-electron chi connectivity index (χ4n) is 3.09. The van der Waals surface area contributed by atoms with Crippen molar-refractivity contribution in [3.05, 3.63) is 59.1 Å². The van der Waals surface area contributed by atoms with Gasteiger partial charge < -0.3 is 19.7 Å². The first-order chi connectivity index (χ1) is 14.0. The first-order valence-electron chi connectivity index (χ1n) is 9.09. The number of nitrogens with zero attached hydrogens (tertiary/aromatic N) is 1. The van der Waals surface area contributed by atoms with Crippen molar-refractivity contribution in [1.82, 2.24) is 5.32 Å². The maximum Gasteiger partial charge on any atom is 0.311 e. The van der Waals surface area contributed by atoms with Crippen molar-refractivity contribution in [2.45, 2.75) is 13.0 Å². The summed E-state index contributed by atoms with van der Waals surface area (Å²) in [6.07, 6.45) is 0.0259. The molecule has 0 radical (unpaired) electrons. The SMILES string of the molecule is COc1ccccc1N1C[C@H](C(=O)OCC(=O)NCc2ccccc2Cl)CC1=O. The van der Waals surface area contributed by atoms with Crippen molar-refractivity contribution in [2.75, 3.05) is 25.2 Å². The third-order valence-electron chi connectivity index (χ3n) is 4.61. The Morgan fingerprint density at radius 2 is 1.90 bits per heavy atom. The molecular weight excluding hydrogens is 396 g/mol. The Hall–Kier alpha value is -3.06. The number of carbonyl (C=O) groups is 3. The van der Waals surface area contributed by atoms with E-state index in [0.717, 1.165) is 5.56 Å². The Morgan fingerprint density at radius 1 is 1.17 bits per heavy atom. The number of carbonyl (C=O) groups excluding carboxylic acids is 3. The second kappa shape index (κ2) is 9.43. The molecule has 152 valence electrons. The van der Waals surface area contributed by atoms with Crippen molar-refractivity contribution in [1.29, 1.82) is 0 Å². The smallest absolute Gasteiger partial charge is 0.311 e. The normalized spacial score (nSPS) is 15.9. The summed E-state index contributed by atoms with van der Waals surface area (Å²) in [5.74, 6) is -1.30. The predicted octanol–water partition coefficient (Wildman–Crippen LogP) is 2.56. The number of amides is 2. The zero-order valence-electron chi connectivity index (χ0n) is 15.9. The van der Waals surface area contributed by atoms with Crippen molar-refractivity contribution in [3.63, 3.8) is 0 Å². The van der Waals surface area contributed by atoms with Gasteiger partial charge in [-0.2, -0.15) is 0 Å². The van der Waals surface area contributed by atoms with Crippen LogP contribution in [0.15, 0.2) is 48.5 Å². The fourth-order valence-corrected chi connectivity index (χ4v) is 3.29. The Bertz CT molecular complexity index is 917. The first kappa shape index (κ1) is 20.7. The van der Waals surface area contributed by atoms with Crippen LogP contribution in [0.2, 0.25) is 5.02 Å². The molecule has 0 saturated carbocycles. The topological polar surface area (TPSA) is 84.9 Å². The van der Waals surface area contributed by atoms with E-state index in [9.17, 15) is 14.4 Å². The minimum Gasteiger partial charge on any atom is -0.495 e. The maximum absolute atomic E-state index is 12.4. The molecule has 8 heteroatoms. The summed E-state index contributed by atoms with van der Waals surface area (Å²) in [6, 6.07) is 14.2. The van der Waals surface area contributed by atoms with Gasteiger partial charge in [0.25, 0.3) is 5.91 Å². The number of benzene rings is 2. The summed E-state index contributed by atoms with van der Waals surface area (Å²) in [5, 5.41) is 3.20. The summed E-state index contributed by atoms with van der Waals surface area (Å²) >= 11 is 6.04. The Balaban J connectivity index is 1.50. The van der Waals surface area contributed by atoms with Gasteiger partial charge in [-0.15, -0.1) is 0 Å². The largest absolute Gasteiger partial charge is 0.495 e. The highest BCUT2D eigenvalue weighted by Crippen LogP contribution is 2.33. The minimum atomic E-state index is -0.635. The highest BCUT2D eigenvalue weighted by Gasteiger charge is 2.37. The van der Waals surface area contributed by atoms with Gasteiger partial charge >= 0.3 is 5.97 Å². The highest BCUT2D eigenvalue weighted by molar-refractivity contribution is 6.31. The number of esters is 1. The molecule has 3 rings (SSSR count). The predicted molar refractivity (Wildman–Crippen MR) is 108 cm³/mol. The molecule has 2 amide bonds. The third kappa shape index (κ3) is 5.06. The molecular formula is C21H21ClN2O5. The number of anilines is 1. The van der Waals surface area contributed by atoms with Gasteiger partial charge in [-0.25, -0.2) is 0 Å². The van der Waals surface area contributed by atoms with E-state index < -0.39 is 24.4 Å². The Kier molecular flexibility index (Phi) is 6.72. The van der Waals surface area contributed by atoms with Gasteiger partial charge in [-0.05, 0) is 23.8 Å². The van der Waals surface area contributed by atoms with Crippen molar-refractivity contribution in [2.24, 2.45) is 5.92 Å². The van der Waals surface area contributed by atoms with Crippen LogP contribution < -0.4 is 15.0 Å². The average molecular weight is 417 g/mol. The molecule has 7 nitrogen and oxygen atoms in total. The van der Waals surface area contributed by atoms with E-state index >= 15 is 0 Å². The van der Waals surface area contributed by atoms with Crippen molar-refractivity contribution >= 4 is 35.1 Å². The number of hydrogen-bond acceptors (Lipinski definition) is 5. The first-order valence-corrected chi connectivity index (χ1v) is 9.47. The molecule has 29 heavy (non-hydrogen) atoms. The summed E-state index contributed by atoms with van der Waals surface area (Å²) in [5.41, 5.74) is 1.37. The number of rotatable bonds is 7. The highest BCUT2D eigenvalue weighted by atomic mass is 35.5. The number of hydrogen-bond donors (Lipinski definition) is 1. The monoisotopic (exact) mass is 416 g/mol. The molecule has 1 aliphatic heterocycles. The molecule has 0 unspecified atom stereocenters. The van der Waals surface area contributed by atoms with E-state index in [1.165, 1.54) is 12.0 Å². The fraction of sp³-hybridized carbons (Fsp3) is 0.286. The Morgan fingerprint density at radius 3 is 2.66 bits per heavy atom. The summed E-state index contributed by atoms with van der Waals surface area (Å²) < 4.78 is 10.4. The minimum absolute atomic E-state index is 0.0259. The van der Waals surface area contributed by atoms with Gasteiger partial charge in [-0.1, -0.05) is 41.9 Å². The molecule has 0 bridgehead atoms. The summed E-state index contributed by atoms with van der Waals surface area (Å²) in [7, 11) is 1.52. The van der Waals surface area contributed by atoms with Gasteiger partial charge in [0.05, 0.1) is 18.7 Å². The lowest BCUT2D eigenvalue weighted by Gasteiger charge is -2.19. The van der Waals surface area contributed by atoms with E-state index in [-0.39, 0.29) is 25.4 Å². The molecule has 1 aliphatic rings. The molecule has 1 saturated heterocycles. The van der Waals surface area contributed by atoms with Gasteiger partial charge in [0.2, 0.25) is 5.91 Å². The standard InChI is InChI=1S/C21H21ClN2O5/c1-28-18-9-5-4-8-17(18)24-12-15(10-20(24)26)21(27)29-13-19(25)23-11-14-6-2-3-7-16(14)22/h2-9,15H,10-13H2,1H3,(H,23,25)/t15-/m1/s1. The molecule has 2 aromatic rings. The number of methoxy groups -OCH3 is 1. The van der Waals surface area contributed by atoms with Crippen LogP contribution in [0, 0.1) is 5.92 Å². The van der Waals surface area contributed by atoms with E-state index in [4.69, 9.17) is 21.1 Å². The molecule has 1 atom stereocenters. The summed E-state index contributed by atoms with van der Waals surface area (Å²) in [6.45, 7) is 0.00146. The van der Waals surface area contributed by atoms with Gasteiger partial charge in [0, 0.05) is 24.5 Å². The van der Waals surface area contributed by atoms with E-state index in [0.29, 0.717) is 16.5 Å². The second-order valence-electron chi connectivity index (χ2n) is 6.55. The van der Waals surface area contributed by atoms with Gasteiger partial charge in [0.1, 0.15) is 5.75 Å². The van der Waals surface area contributed by atoms with Crippen LogP contribution in [-0.4, -0.2) is 38.0 Å². The van der Waals surface area contributed by atoms with Crippen molar-refractivity contribution in [3.8, 4) is 5.75 Å². The Labute approximate surface area is 173 Å². The molecule has 2 aromatic carbocycles. The quantitative estimate of drug-likeness (QED) is 0.701. The molecule has 1 fully saturated rings. The number of ether oxygens (including phenoxy) is 2. The van der Waals surface area contributed by atoms with Crippen molar-refractivity contribution < 1.29 is 23.9 Å². The molecule has 0 spiro atoms.